The SMILES string of the molecule is NC(N)=NC(N)=NCCC1=CCc2c1cc(F)c(F)c2F.O=CC(F)(F)F. The molecule has 0 spiro atoms. The van der Waals surface area contributed by atoms with E-state index in [4.69, 9.17) is 22.0 Å². The maximum atomic E-state index is 13.6. The molecule has 1 aromatic carbocycles. The summed E-state index contributed by atoms with van der Waals surface area (Å²) >= 11 is 0. The molecule has 0 saturated carbocycles. The van der Waals surface area contributed by atoms with Crippen molar-refractivity contribution in [3.63, 3.8) is 0 Å². The Balaban J connectivity index is 0.000000527. The van der Waals surface area contributed by atoms with Crippen LogP contribution in [-0.4, -0.2) is 30.9 Å². The van der Waals surface area contributed by atoms with Crippen LogP contribution >= 0.6 is 0 Å². The first kappa shape index (κ1) is 22.0. The number of aliphatic imine (C=N–C) groups is 2. The number of halogens is 6. The molecule has 0 unspecified atom stereocenters. The molecule has 0 amide bonds. The van der Waals surface area contributed by atoms with E-state index in [1.165, 1.54) is 0 Å². The summed E-state index contributed by atoms with van der Waals surface area (Å²) in [5, 5.41) is 0. The summed E-state index contributed by atoms with van der Waals surface area (Å²) in [6.07, 6.45) is -3.38. The summed E-state index contributed by atoms with van der Waals surface area (Å²) in [5.41, 5.74) is 16.9. The highest BCUT2D eigenvalue weighted by molar-refractivity contribution is 5.92. The zero-order chi connectivity index (χ0) is 20.8. The predicted molar refractivity (Wildman–Crippen MR) is 87.0 cm³/mol. The fourth-order valence-electron chi connectivity index (χ4n) is 2.15. The van der Waals surface area contributed by atoms with Gasteiger partial charge in [0.25, 0.3) is 0 Å². The van der Waals surface area contributed by atoms with Crippen molar-refractivity contribution in [3.8, 4) is 0 Å². The number of carbonyl (C=O) groups excluding carboxylic acids is 1. The van der Waals surface area contributed by atoms with Crippen LogP contribution in [0.4, 0.5) is 26.3 Å². The van der Waals surface area contributed by atoms with Gasteiger partial charge in [-0.1, -0.05) is 6.08 Å². The van der Waals surface area contributed by atoms with Gasteiger partial charge in [0.05, 0.1) is 0 Å². The van der Waals surface area contributed by atoms with E-state index in [9.17, 15) is 26.3 Å². The number of guanidine groups is 2. The Morgan fingerprint density at radius 1 is 1.15 bits per heavy atom. The lowest BCUT2D eigenvalue weighted by molar-refractivity contribution is -0.156. The number of carbonyl (C=O) groups is 1. The number of allylic oxidation sites excluding steroid dienone is 1. The molecule has 0 heterocycles. The third kappa shape index (κ3) is 6.64. The topological polar surface area (TPSA) is 120 Å². The molecule has 1 aliphatic rings. The fraction of sp³-hybridized carbons (Fsp3) is 0.267. The number of aldehydes is 1. The number of hydrogen-bond donors (Lipinski definition) is 3. The molecule has 0 radical (unpaired) electrons. The number of nitrogens with zero attached hydrogens (tertiary/aromatic N) is 2. The summed E-state index contributed by atoms with van der Waals surface area (Å²) in [5.74, 6) is -4.08. The Labute approximate surface area is 149 Å². The van der Waals surface area contributed by atoms with Crippen LogP contribution in [0.15, 0.2) is 22.1 Å². The highest BCUT2D eigenvalue weighted by Crippen LogP contribution is 2.33. The molecule has 1 aliphatic carbocycles. The van der Waals surface area contributed by atoms with Crippen molar-refractivity contribution in [2.45, 2.75) is 19.0 Å². The van der Waals surface area contributed by atoms with Crippen LogP contribution in [0.1, 0.15) is 17.5 Å². The maximum absolute atomic E-state index is 13.6. The molecule has 0 aromatic heterocycles. The first-order valence-corrected chi connectivity index (χ1v) is 7.24. The van der Waals surface area contributed by atoms with Crippen molar-refractivity contribution in [1.29, 1.82) is 0 Å². The number of alkyl halides is 3. The second kappa shape index (κ2) is 9.05. The molecule has 6 nitrogen and oxygen atoms in total. The average Bonchev–Trinajstić information content (AvgIpc) is 2.95. The zero-order valence-corrected chi connectivity index (χ0v) is 13.7. The van der Waals surface area contributed by atoms with Crippen LogP contribution in [0, 0.1) is 17.5 Å². The van der Waals surface area contributed by atoms with Gasteiger partial charge >= 0.3 is 6.18 Å². The molecule has 0 fully saturated rings. The van der Waals surface area contributed by atoms with E-state index in [0.717, 1.165) is 6.07 Å². The second-order valence-corrected chi connectivity index (χ2v) is 5.13. The number of rotatable bonds is 3. The Kier molecular flexibility index (Phi) is 7.37. The van der Waals surface area contributed by atoms with E-state index in [-0.39, 0.29) is 30.4 Å². The maximum Gasteiger partial charge on any atom is 0.446 e. The number of nitrogens with two attached hydrogens (primary N) is 3. The highest BCUT2D eigenvalue weighted by atomic mass is 19.4. The third-order valence-corrected chi connectivity index (χ3v) is 3.19. The molecular formula is C15H15F6N5O. The summed E-state index contributed by atoms with van der Waals surface area (Å²) in [6.45, 7) is 0.245. The van der Waals surface area contributed by atoms with Crippen LogP contribution in [0.5, 0.6) is 0 Å². The Hall–Kier alpha value is -3.05. The summed E-state index contributed by atoms with van der Waals surface area (Å²) in [6, 6.07) is 0.996. The Morgan fingerprint density at radius 2 is 1.74 bits per heavy atom. The summed E-state index contributed by atoms with van der Waals surface area (Å²) < 4.78 is 71.2. The Morgan fingerprint density at radius 3 is 2.26 bits per heavy atom. The van der Waals surface area contributed by atoms with Gasteiger partial charge in [-0.25, -0.2) is 13.2 Å². The van der Waals surface area contributed by atoms with Gasteiger partial charge in [0.15, 0.2) is 23.4 Å². The largest absolute Gasteiger partial charge is 0.446 e. The van der Waals surface area contributed by atoms with E-state index >= 15 is 0 Å². The molecule has 1 aromatic rings. The molecule has 27 heavy (non-hydrogen) atoms. The molecule has 6 N–H and O–H groups in total. The standard InChI is InChI=1S/C13H14F3N5.C2HF3O/c14-9-5-8-6(1-2-7(8)10(15)11(9)16)3-4-20-13(19)21-12(17)18;3-2(4,5)1-6/h1,5H,2-4H2,(H6,17,18,19,20,21);1H. The predicted octanol–water partition coefficient (Wildman–Crippen LogP) is 1.77. The minimum atomic E-state index is -4.64. The molecule has 0 saturated heterocycles. The monoisotopic (exact) mass is 395 g/mol. The van der Waals surface area contributed by atoms with Crippen molar-refractivity contribution in [1.82, 2.24) is 0 Å². The van der Waals surface area contributed by atoms with Crippen LogP contribution in [-0.2, 0) is 11.2 Å². The highest BCUT2D eigenvalue weighted by Gasteiger charge is 2.25. The van der Waals surface area contributed by atoms with Gasteiger partial charge in [-0.3, -0.25) is 9.79 Å². The fourth-order valence-corrected chi connectivity index (χ4v) is 2.15. The van der Waals surface area contributed by atoms with Crippen LogP contribution in [0.2, 0.25) is 0 Å². The summed E-state index contributed by atoms with van der Waals surface area (Å²) in [7, 11) is 0. The first-order valence-electron chi connectivity index (χ1n) is 7.24. The van der Waals surface area contributed by atoms with Gasteiger partial charge in [-0.05, 0) is 30.0 Å². The van der Waals surface area contributed by atoms with Crippen molar-refractivity contribution < 1.29 is 31.1 Å². The minimum absolute atomic E-state index is 0.0784. The van der Waals surface area contributed by atoms with Crippen molar-refractivity contribution >= 4 is 23.8 Å². The van der Waals surface area contributed by atoms with Crippen LogP contribution in [0.3, 0.4) is 0 Å². The van der Waals surface area contributed by atoms with Crippen molar-refractivity contribution in [3.05, 3.63) is 40.7 Å². The van der Waals surface area contributed by atoms with Gasteiger partial charge in [0.2, 0.25) is 12.2 Å². The van der Waals surface area contributed by atoms with Crippen LogP contribution < -0.4 is 17.2 Å². The molecule has 0 aliphatic heterocycles. The van der Waals surface area contributed by atoms with Crippen molar-refractivity contribution in [2.75, 3.05) is 6.54 Å². The first-order chi connectivity index (χ1) is 12.5. The molecule has 148 valence electrons. The lowest BCUT2D eigenvalue weighted by atomic mass is 10.0. The van der Waals surface area contributed by atoms with Gasteiger partial charge in [0, 0.05) is 12.1 Å². The second-order valence-electron chi connectivity index (χ2n) is 5.13. The number of fused-ring (bicyclic) bond motifs is 1. The summed E-state index contributed by atoms with van der Waals surface area (Å²) in [4.78, 5) is 16.1. The van der Waals surface area contributed by atoms with E-state index < -0.39 is 29.9 Å². The van der Waals surface area contributed by atoms with Gasteiger partial charge in [-0.15, -0.1) is 0 Å². The lowest BCUT2D eigenvalue weighted by Gasteiger charge is -2.07. The third-order valence-electron chi connectivity index (χ3n) is 3.19. The van der Waals surface area contributed by atoms with E-state index in [1.54, 1.807) is 6.08 Å². The molecule has 12 heteroatoms. The molecule has 0 atom stereocenters. The van der Waals surface area contributed by atoms with Crippen LogP contribution in [0.25, 0.3) is 5.57 Å². The quantitative estimate of drug-likeness (QED) is 0.238. The van der Waals surface area contributed by atoms with E-state index in [2.05, 4.69) is 9.98 Å². The molecule has 0 bridgehead atoms. The smallest absolute Gasteiger partial charge is 0.370 e. The minimum Gasteiger partial charge on any atom is -0.370 e. The number of benzene rings is 1. The Bertz CT molecular complexity index is 797. The van der Waals surface area contributed by atoms with E-state index in [0.29, 0.717) is 17.6 Å². The number of hydrogen-bond acceptors (Lipinski definition) is 2. The molecule has 2 rings (SSSR count). The molecular weight excluding hydrogens is 380 g/mol. The van der Waals surface area contributed by atoms with Gasteiger partial charge in [-0.2, -0.15) is 18.2 Å². The lowest BCUT2D eigenvalue weighted by Crippen LogP contribution is -2.26. The van der Waals surface area contributed by atoms with Crippen molar-refractivity contribution in [2.24, 2.45) is 27.2 Å². The van der Waals surface area contributed by atoms with Gasteiger partial charge < -0.3 is 17.2 Å². The normalized spacial score (nSPS) is 13.3. The zero-order valence-electron chi connectivity index (χ0n) is 13.7. The van der Waals surface area contributed by atoms with Gasteiger partial charge in [0.1, 0.15) is 0 Å². The average molecular weight is 395 g/mol. The van der Waals surface area contributed by atoms with E-state index in [1.807, 2.05) is 0 Å².